The Hall–Kier alpha value is -2.07. The number of azide groups is 1. The normalized spacial score (nSPS) is 36.5. The number of esters is 2. The highest BCUT2D eigenvalue weighted by Gasteiger charge is 2.52. The minimum Gasteiger partial charge on any atom is -0.463 e. The molecule has 15 nitrogen and oxygen atoms in total. The van der Waals surface area contributed by atoms with Gasteiger partial charge in [0.15, 0.2) is 12.6 Å². The van der Waals surface area contributed by atoms with Crippen LogP contribution in [0.4, 0.5) is 0 Å². The van der Waals surface area contributed by atoms with Crippen LogP contribution in [0.1, 0.15) is 41.5 Å². The minimum absolute atomic E-state index is 0.0249. The molecule has 0 aliphatic carbocycles. The van der Waals surface area contributed by atoms with Gasteiger partial charge in [-0.15, -0.1) is 0 Å². The zero-order valence-electron chi connectivity index (χ0n) is 21.7. The number of hydrogen-bond acceptors (Lipinski definition) is 13. The first kappa shape index (κ1) is 31.1. The Bertz CT molecular complexity index is 836. The molecule has 0 spiro atoms. The lowest BCUT2D eigenvalue weighted by Crippen LogP contribution is -2.65. The van der Waals surface area contributed by atoms with Gasteiger partial charge in [-0.1, -0.05) is 19.0 Å². The number of ether oxygens (including phenoxy) is 6. The summed E-state index contributed by atoms with van der Waals surface area (Å²) in [7, 11) is 0. The largest absolute Gasteiger partial charge is 0.463 e. The van der Waals surface area contributed by atoms with E-state index in [2.05, 4.69) is 10.0 Å². The SMILES string of the molecule is CC(=O)OC[C@H]1O[C@@H](O[C@H]2[C@H](O)[C@@H](COC(C)=O)O[C@@H](OC(C)(C)C(C)C)[C@@H]2N=[N+]=[N-])[C@H](O)[C@@H](O)[C@H]1O. The zero-order valence-corrected chi connectivity index (χ0v) is 21.7. The number of rotatable bonds is 10. The third kappa shape index (κ3) is 7.96. The van der Waals surface area contributed by atoms with E-state index in [1.165, 1.54) is 6.92 Å². The maximum atomic E-state index is 11.4. The fourth-order valence-electron chi connectivity index (χ4n) is 3.63. The van der Waals surface area contributed by atoms with Gasteiger partial charge >= 0.3 is 11.9 Å². The second-order valence-electron chi connectivity index (χ2n) is 9.83. The molecule has 0 amide bonds. The molecule has 4 N–H and O–H groups in total. The maximum Gasteiger partial charge on any atom is 0.302 e. The van der Waals surface area contributed by atoms with Crippen molar-refractivity contribution in [3.8, 4) is 0 Å². The smallest absolute Gasteiger partial charge is 0.302 e. The Morgan fingerprint density at radius 1 is 0.919 bits per heavy atom. The predicted molar refractivity (Wildman–Crippen MR) is 122 cm³/mol. The van der Waals surface area contributed by atoms with E-state index in [0.717, 1.165) is 6.92 Å². The molecule has 10 atom stereocenters. The van der Waals surface area contributed by atoms with Gasteiger partial charge in [0.2, 0.25) is 0 Å². The Morgan fingerprint density at radius 3 is 1.92 bits per heavy atom. The van der Waals surface area contributed by atoms with Crippen molar-refractivity contribution in [2.24, 2.45) is 11.0 Å². The first-order chi connectivity index (χ1) is 17.2. The van der Waals surface area contributed by atoms with Crippen LogP contribution in [0, 0.1) is 5.92 Å². The fourth-order valence-corrected chi connectivity index (χ4v) is 3.63. The van der Waals surface area contributed by atoms with E-state index in [-0.39, 0.29) is 5.92 Å². The van der Waals surface area contributed by atoms with Crippen molar-refractivity contribution in [2.45, 2.75) is 108 Å². The van der Waals surface area contributed by atoms with Crippen LogP contribution < -0.4 is 0 Å². The van der Waals surface area contributed by atoms with Gasteiger partial charge in [0.1, 0.15) is 62.0 Å². The van der Waals surface area contributed by atoms with E-state index in [9.17, 15) is 35.5 Å². The highest BCUT2D eigenvalue weighted by atomic mass is 16.7. The molecule has 2 aliphatic heterocycles. The molecule has 0 aromatic rings. The zero-order chi connectivity index (χ0) is 28.1. The van der Waals surface area contributed by atoms with Crippen LogP contribution in [-0.4, -0.2) is 113 Å². The molecule has 0 unspecified atom stereocenters. The molecule has 212 valence electrons. The molecular weight excluding hydrogens is 498 g/mol. The van der Waals surface area contributed by atoms with Crippen molar-refractivity contribution in [1.29, 1.82) is 0 Å². The van der Waals surface area contributed by atoms with Crippen LogP contribution >= 0.6 is 0 Å². The summed E-state index contributed by atoms with van der Waals surface area (Å²) in [6.45, 7) is 8.80. The first-order valence-electron chi connectivity index (χ1n) is 11.9. The number of aliphatic hydroxyl groups is 4. The topological polar surface area (TPSA) is 219 Å². The second-order valence-corrected chi connectivity index (χ2v) is 9.83. The van der Waals surface area contributed by atoms with Crippen molar-refractivity contribution < 1.29 is 58.4 Å². The van der Waals surface area contributed by atoms with E-state index >= 15 is 0 Å². The lowest BCUT2D eigenvalue weighted by molar-refractivity contribution is -0.350. The number of carbonyl (C=O) groups is 2. The van der Waals surface area contributed by atoms with Gasteiger partial charge in [-0.25, -0.2) is 0 Å². The predicted octanol–water partition coefficient (Wildman–Crippen LogP) is -0.479. The van der Waals surface area contributed by atoms with Crippen LogP contribution in [0.5, 0.6) is 0 Å². The van der Waals surface area contributed by atoms with Crippen LogP contribution in [0.3, 0.4) is 0 Å². The van der Waals surface area contributed by atoms with Gasteiger partial charge < -0.3 is 48.8 Å². The molecule has 0 bridgehead atoms. The van der Waals surface area contributed by atoms with Crippen LogP contribution in [0.25, 0.3) is 10.4 Å². The van der Waals surface area contributed by atoms with Crippen LogP contribution in [0.2, 0.25) is 0 Å². The Morgan fingerprint density at radius 2 is 1.43 bits per heavy atom. The molecule has 0 saturated carbocycles. The Kier molecular flexibility index (Phi) is 11.1. The minimum atomic E-state index is -1.80. The monoisotopic (exact) mass is 535 g/mol. The van der Waals surface area contributed by atoms with E-state index in [1.807, 2.05) is 13.8 Å². The molecule has 0 aromatic carbocycles. The van der Waals surface area contributed by atoms with Crippen molar-refractivity contribution in [2.75, 3.05) is 13.2 Å². The van der Waals surface area contributed by atoms with Crippen molar-refractivity contribution in [3.05, 3.63) is 10.4 Å². The summed E-state index contributed by atoms with van der Waals surface area (Å²) in [5.41, 5.74) is 8.42. The molecular formula is C22H37N3O12. The molecule has 2 saturated heterocycles. The number of carbonyl (C=O) groups excluding carboxylic acids is 2. The van der Waals surface area contributed by atoms with Crippen LogP contribution in [0.15, 0.2) is 5.11 Å². The van der Waals surface area contributed by atoms with E-state index in [4.69, 9.17) is 28.4 Å². The molecule has 37 heavy (non-hydrogen) atoms. The van der Waals surface area contributed by atoms with Gasteiger partial charge in [-0.2, -0.15) is 0 Å². The maximum absolute atomic E-state index is 11.4. The summed E-state index contributed by atoms with van der Waals surface area (Å²) in [5.74, 6) is -1.33. The van der Waals surface area contributed by atoms with E-state index < -0.39 is 92.1 Å². The quantitative estimate of drug-likeness (QED) is 0.121. The van der Waals surface area contributed by atoms with E-state index in [1.54, 1.807) is 13.8 Å². The van der Waals surface area contributed by atoms with Crippen molar-refractivity contribution in [3.63, 3.8) is 0 Å². The van der Waals surface area contributed by atoms with Gasteiger partial charge in [-0.05, 0) is 25.3 Å². The number of nitrogens with zero attached hydrogens (tertiary/aromatic N) is 3. The van der Waals surface area contributed by atoms with Gasteiger partial charge in [0.25, 0.3) is 0 Å². The van der Waals surface area contributed by atoms with Crippen molar-refractivity contribution in [1.82, 2.24) is 0 Å². The first-order valence-corrected chi connectivity index (χ1v) is 11.9. The summed E-state index contributed by atoms with van der Waals surface area (Å²) in [5, 5.41) is 45.8. The summed E-state index contributed by atoms with van der Waals surface area (Å²) in [4.78, 5) is 25.4. The summed E-state index contributed by atoms with van der Waals surface area (Å²) in [6.07, 6.45) is -13.6. The molecule has 2 rings (SSSR count). The third-order valence-electron chi connectivity index (χ3n) is 6.50. The molecule has 0 radical (unpaired) electrons. The highest BCUT2D eigenvalue weighted by molar-refractivity contribution is 5.66. The molecule has 2 fully saturated rings. The van der Waals surface area contributed by atoms with Crippen LogP contribution in [-0.2, 0) is 38.0 Å². The van der Waals surface area contributed by atoms with Gasteiger partial charge in [-0.3, -0.25) is 9.59 Å². The summed E-state index contributed by atoms with van der Waals surface area (Å²) < 4.78 is 33.1. The standard InChI is InChI=1S/C22H37N3O12/c1-9(2)22(5,6)37-20-14(24-25-23)19(16(29)13(34-20)8-33-11(4)27)36-21-18(31)17(30)15(28)12(35-21)7-32-10(3)26/h9,12-21,28-31H,7-8H2,1-6H3/t12-,13-,14-,15+,16-,17+,18-,19-,20+,21+/m1/s1. The average Bonchev–Trinajstić information content (AvgIpc) is 2.80. The summed E-state index contributed by atoms with van der Waals surface area (Å²) in [6, 6.07) is -1.32. The fraction of sp³-hybridized carbons (Fsp3) is 0.909. The number of hydrogen-bond donors (Lipinski definition) is 4. The molecule has 0 aromatic heterocycles. The Balaban J connectivity index is 2.38. The van der Waals surface area contributed by atoms with Gasteiger partial charge in [0, 0.05) is 18.8 Å². The average molecular weight is 536 g/mol. The lowest BCUT2D eigenvalue weighted by atomic mass is 9.93. The molecule has 2 heterocycles. The highest BCUT2D eigenvalue weighted by Crippen LogP contribution is 2.34. The summed E-state index contributed by atoms with van der Waals surface area (Å²) >= 11 is 0. The number of aliphatic hydroxyl groups excluding tert-OH is 4. The molecule has 2 aliphatic rings. The second kappa shape index (κ2) is 13.1. The molecule has 15 heteroatoms. The van der Waals surface area contributed by atoms with E-state index in [0.29, 0.717) is 0 Å². The Labute approximate surface area is 214 Å². The van der Waals surface area contributed by atoms with Crippen molar-refractivity contribution >= 4 is 11.9 Å². The van der Waals surface area contributed by atoms with Gasteiger partial charge in [0.05, 0.1) is 5.60 Å². The third-order valence-corrected chi connectivity index (χ3v) is 6.50. The lowest BCUT2D eigenvalue weighted by Gasteiger charge is -2.48.